The maximum Gasteiger partial charge on any atom is 0.407 e. The molecule has 4 rings (SSSR count). The van der Waals surface area contributed by atoms with Gasteiger partial charge in [0.05, 0.1) is 0 Å². The van der Waals surface area contributed by atoms with Gasteiger partial charge in [0.1, 0.15) is 11.5 Å². The third kappa shape index (κ3) is 4.30. The van der Waals surface area contributed by atoms with Crippen LogP contribution in [0.1, 0.15) is 33.7 Å². The standard InChI is InChI=1S/C25H25FN2O4S/c1-15-17(12-23(33(26,30)31)16(2)24(15)27-3)13-28-25(29)32-14-22-20-10-6-4-8-18(20)19-9-5-7-11-21(19)22/h4-12,22,27H,13-14H2,1-3H3,(H,28,29). The van der Waals surface area contributed by atoms with Crippen LogP contribution in [-0.2, 0) is 21.5 Å². The van der Waals surface area contributed by atoms with Crippen molar-refractivity contribution in [1.82, 2.24) is 5.32 Å². The Morgan fingerprint density at radius 1 is 1.00 bits per heavy atom. The van der Waals surface area contributed by atoms with Crippen LogP contribution in [-0.4, -0.2) is 28.2 Å². The largest absolute Gasteiger partial charge is 0.449 e. The average Bonchev–Trinajstić information content (AvgIpc) is 3.10. The Morgan fingerprint density at radius 3 is 2.12 bits per heavy atom. The molecular formula is C25H25FN2O4S. The smallest absolute Gasteiger partial charge is 0.407 e. The van der Waals surface area contributed by atoms with E-state index in [0.29, 0.717) is 16.8 Å². The van der Waals surface area contributed by atoms with Crippen LogP contribution >= 0.6 is 0 Å². The van der Waals surface area contributed by atoms with E-state index < -0.39 is 21.2 Å². The molecule has 0 fully saturated rings. The zero-order chi connectivity index (χ0) is 23.8. The third-order valence-electron chi connectivity index (χ3n) is 6.19. The zero-order valence-electron chi connectivity index (χ0n) is 18.6. The van der Waals surface area contributed by atoms with E-state index in [1.165, 1.54) is 13.0 Å². The first kappa shape index (κ1) is 22.8. The first-order chi connectivity index (χ1) is 15.7. The van der Waals surface area contributed by atoms with Crippen molar-refractivity contribution in [3.8, 4) is 11.1 Å². The average molecular weight is 469 g/mol. The van der Waals surface area contributed by atoms with Gasteiger partial charge in [-0.3, -0.25) is 0 Å². The lowest BCUT2D eigenvalue weighted by Gasteiger charge is -2.18. The second-order valence-electron chi connectivity index (χ2n) is 8.03. The topological polar surface area (TPSA) is 84.5 Å². The molecule has 1 aliphatic carbocycles. The number of rotatable bonds is 6. The number of benzene rings is 3. The Bertz CT molecular complexity index is 1290. The second-order valence-corrected chi connectivity index (χ2v) is 9.34. The molecule has 6 nitrogen and oxygen atoms in total. The molecule has 0 radical (unpaired) electrons. The van der Waals surface area contributed by atoms with Crippen molar-refractivity contribution >= 4 is 22.0 Å². The molecule has 0 aromatic heterocycles. The van der Waals surface area contributed by atoms with Crippen LogP contribution in [0.25, 0.3) is 11.1 Å². The Morgan fingerprint density at radius 2 is 1.58 bits per heavy atom. The van der Waals surface area contributed by atoms with Crippen LogP contribution in [0.4, 0.5) is 14.4 Å². The highest BCUT2D eigenvalue weighted by Crippen LogP contribution is 2.44. The minimum Gasteiger partial charge on any atom is -0.449 e. The summed E-state index contributed by atoms with van der Waals surface area (Å²) in [6, 6.07) is 17.4. The molecule has 0 atom stereocenters. The molecule has 172 valence electrons. The number of halogens is 1. The Balaban J connectivity index is 1.48. The SMILES string of the molecule is CNc1c(C)c(CNC(=O)OCC2c3ccccc3-c3ccccc32)cc(S(=O)(=O)F)c1C. The van der Waals surface area contributed by atoms with E-state index in [-0.39, 0.29) is 19.1 Å². The summed E-state index contributed by atoms with van der Waals surface area (Å²) in [5.74, 6) is -0.0663. The fourth-order valence-electron chi connectivity index (χ4n) is 4.57. The molecule has 0 bridgehead atoms. The highest BCUT2D eigenvalue weighted by atomic mass is 32.3. The van der Waals surface area contributed by atoms with Crippen LogP contribution in [0, 0.1) is 13.8 Å². The lowest BCUT2D eigenvalue weighted by molar-refractivity contribution is 0.142. The van der Waals surface area contributed by atoms with E-state index in [1.807, 2.05) is 36.4 Å². The fraction of sp³-hybridized carbons (Fsp3) is 0.240. The first-order valence-corrected chi connectivity index (χ1v) is 11.9. The van der Waals surface area contributed by atoms with Crippen molar-refractivity contribution in [3.05, 3.63) is 82.4 Å². The van der Waals surface area contributed by atoms with Crippen LogP contribution in [0.5, 0.6) is 0 Å². The van der Waals surface area contributed by atoms with Gasteiger partial charge in [-0.1, -0.05) is 48.5 Å². The highest BCUT2D eigenvalue weighted by Gasteiger charge is 2.29. The number of fused-ring (bicyclic) bond motifs is 3. The summed E-state index contributed by atoms with van der Waals surface area (Å²) >= 11 is 0. The summed E-state index contributed by atoms with van der Waals surface area (Å²) < 4.78 is 42.4. The van der Waals surface area contributed by atoms with Crippen molar-refractivity contribution in [1.29, 1.82) is 0 Å². The quantitative estimate of drug-likeness (QED) is 0.495. The van der Waals surface area contributed by atoms with E-state index in [4.69, 9.17) is 4.74 Å². The van der Waals surface area contributed by atoms with E-state index in [1.54, 1.807) is 14.0 Å². The number of carbonyl (C=O) groups excluding carboxylic acids is 1. The van der Waals surface area contributed by atoms with Gasteiger partial charge in [-0.2, -0.15) is 8.42 Å². The molecule has 3 aromatic carbocycles. The Labute approximate surface area is 193 Å². The zero-order valence-corrected chi connectivity index (χ0v) is 19.4. The van der Waals surface area contributed by atoms with E-state index in [9.17, 15) is 17.1 Å². The molecule has 0 spiro atoms. The lowest BCUT2D eigenvalue weighted by Crippen LogP contribution is -2.26. The van der Waals surface area contributed by atoms with Crippen molar-refractivity contribution in [2.75, 3.05) is 19.0 Å². The molecular weight excluding hydrogens is 443 g/mol. The number of hydrogen-bond donors (Lipinski definition) is 2. The van der Waals surface area contributed by atoms with Gasteiger partial charge in [0.25, 0.3) is 0 Å². The van der Waals surface area contributed by atoms with Gasteiger partial charge in [-0.25, -0.2) is 4.79 Å². The second kappa shape index (κ2) is 8.86. The molecule has 0 heterocycles. The molecule has 0 aliphatic heterocycles. The summed E-state index contributed by atoms with van der Waals surface area (Å²) in [4.78, 5) is 12.1. The van der Waals surface area contributed by atoms with Crippen LogP contribution in [0.15, 0.2) is 59.5 Å². The minimum absolute atomic E-state index is 0.0000126. The van der Waals surface area contributed by atoms with Crippen molar-refractivity contribution in [2.24, 2.45) is 0 Å². The van der Waals surface area contributed by atoms with Gasteiger partial charge in [0, 0.05) is 25.2 Å². The Hall–Kier alpha value is -3.39. The maximum atomic E-state index is 13.8. The number of amides is 1. The van der Waals surface area contributed by atoms with Crippen molar-refractivity contribution in [3.63, 3.8) is 0 Å². The molecule has 0 saturated carbocycles. The summed E-state index contributed by atoms with van der Waals surface area (Å²) in [5, 5.41) is 5.56. The Kier molecular flexibility index (Phi) is 6.12. The first-order valence-electron chi connectivity index (χ1n) is 10.6. The van der Waals surface area contributed by atoms with Crippen LogP contribution < -0.4 is 10.6 Å². The van der Waals surface area contributed by atoms with Gasteiger partial charge in [-0.05, 0) is 58.9 Å². The van der Waals surface area contributed by atoms with Gasteiger partial charge in [0.15, 0.2) is 0 Å². The van der Waals surface area contributed by atoms with Gasteiger partial charge >= 0.3 is 16.3 Å². The predicted molar refractivity (Wildman–Crippen MR) is 126 cm³/mol. The molecule has 1 amide bonds. The number of alkyl carbamates (subject to hydrolysis) is 1. The summed E-state index contributed by atoms with van der Waals surface area (Å²) in [6.45, 7) is 3.48. The minimum atomic E-state index is -4.91. The number of ether oxygens (including phenoxy) is 1. The normalized spacial score (nSPS) is 12.7. The van der Waals surface area contributed by atoms with Crippen molar-refractivity contribution < 1.29 is 21.8 Å². The fourth-order valence-corrected chi connectivity index (χ4v) is 5.32. The molecule has 8 heteroatoms. The summed E-state index contributed by atoms with van der Waals surface area (Å²) in [6.07, 6.45) is -0.632. The lowest BCUT2D eigenvalue weighted by atomic mass is 9.98. The molecule has 3 aromatic rings. The molecule has 1 aliphatic rings. The number of hydrogen-bond acceptors (Lipinski definition) is 5. The third-order valence-corrected chi connectivity index (χ3v) is 7.14. The van der Waals surface area contributed by atoms with Gasteiger partial charge in [-0.15, -0.1) is 3.89 Å². The molecule has 33 heavy (non-hydrogen) atoms. The van der Waals surface area contributed by atoms with Gasteiger partial charge < -0.3 is 15.4 Å². The molecule has 0 saturated heterocycles. The summed E-state index contributed by atoms with van der Waals surface area (Å²) in [7, 11) is -3.27. The monoisotopic (exact) mass is 468 g/mol. The van der Waals surface area contributed by atoms with Crippen LogP contribution in [0.3, 0.4) is 0 Å². The molecule has 2 N–H and O–H groups in total. The van der Waals surface area contributed by atoms with E-state index in [0.717, 1.165) is 27.8 Å². The predicted octanol–water partition coefficient (Wildman–Crippen LogP) is 5.04. The van der Waals surface area contributed by atoms with Crippen LogP contribution in [0.2, 0.25) is 0 Å². The number of nitrogens with one attached hydrogen (secondary N) is 2. The highest BCUT2D eigenvalue weighted by molar-refractivity contribution is 7.86. The maximum absolute atomic E-state index is 13.8. The van der Waals surface area contributed by atoms with Gasteiger partial charge in [0.2, 0.25) is 0 Å². The molecule has 0 unspecified atom stereocenters. The van der Waals surface area contributed by atoms with Crippen molar-refractivity contribution in [2.45, 2.75) is 31.2 Å². The van der Waals surface area contributed by atoms with E-state index in [2.05, 4.69) is 22.8 Å². The van der Waals surface area contributed by atoms with E-state index >= 15 is 0 Å². The number of carbonyl (C=O) groups is 1. The number of anilines is 1. The summed E-state index contributed by atoms with van der Waals surface area (Å²) in [5.41, 5.74) is 6.50.